The van der Waals surface area contributed by atoms with Gasteiger partial charge in [0.15, 0.2) is 0 Å². The largest absolute Gasteiger partial charge is 0.465 e. The number of esters is 1. The Balaban J connectivity index is 1.84. The second-order valence-corrected chi connectivity index (χ2v) is 5.28. The highest BCUT2D eigenvalue weighted by molar-refractivity contribution is 6.52. The van der Waals surface area contributed by atoms with E-state index < -0.39 is 17.7 Å². The summed E-state index contributed by atoms with van der Waals surface area (Å²) < 4.78 is 4.64. The first-order valence-electron chi connectivity index (χ1n) is 7.42. The zero-order chi connectivity index (χ0) is 17.1. The van der Waals surface area contributed by atoms with E-state index in [9.17, 15) is 14.4 Å². The average molecular weight is 321 g/mol. The smallest absolute Gasteiger partial charge is 0.337 e. The fourth-order valence-corrected chi connectivity index (χ4v) is 2.58. The molecule has 120 valence electrons. The number of anilines is 1. The topological polar surface area (TPSA) is 63.7 Å². The van der Waals surface area contributed by atoms with Crippen LogP contribution in [0, 0.1) is 0 Å². The Hall–Kier alpha value is -3.21. The number of carbonyl (C=O) groups is 3. The number of amides is 1. The van der Waals surface area contributed by atoms with Crippen molar-refractivity contribution in [2.45, 2.75) is 0 Å². The molecular weight excluding hydrogens is 306 g/mol. The van der Waals surface area contributed by atoms with Crippen molar-refractivity contribution in [3.05, 3.63) is 71.3 Å². The number of hydrogen-bond donors (Lipinski definition) is 0. The van der Waals surface area contributed by atoms with Crippen LogP contribution < -0.4 is 4.90 Å². The standard InChI is InChI=1S/C19H15NO4/c1-24-19(23)14-9-10-16-15(12-14)17(21)18(22)20(16)11-5-8-13-6-3-2-4-7-13/h2-10,12H,11H2,1H3/b8-5+. The summed E-state index contributed by atoms with van der Waals surface area (Å²) in [6.45, 7) is 0.282. The van der Waals surface area contributed by atoms with E-state index in [4.69, 9.17) is 0 Å². The van der Waals surface area contributed by atoms with Crippen molar-refractivity contribution in [3.63, 3.8) is 0 Å². The lowest BCUT2D eigenvalue weighted by Crippen LogP contribution is -2.29. The summed E-state index contributed by atoms with van der Waals surface area (Å²) in [5, 5.41) is 0. The molecule has 0 saturated heterocycles. The highest BCUT2D eigenvalue weighted by atomic mass is 16.5. The predicted octanol–water partition coefficient (Wildman–Crippen LogP) is 2.72. The van der Waals surface area contributed by atoms with E-state index in [2.05, 4.69) is 4.74 Å². The number of hydrogen-bond acceptors (Lipinski definition) is 4. The van der Waals surface area contributed by atoms with E-state index in [0.717, 1.165) is 5.56 Å². The molecule has 0 radical (unpaired) electrons. The minimum atomic E-state index is -0.608. The van der Waals surface area contributed by atoms with Gasteiger partial charge in [0.05, 0.1) is 23.9 Å². The normalized spacial score (nSPS) is 13.5. The molecule has 0 spiro atoms. The molecule has 0 N–H and O–H groups in total. The summed E-state index contributed by atoms with van der Waals surface area (Å²) in [6, 6.07) is 14.2. The van der Waals surface area contributed by atoms with Gasteiger partial charge in [-0.2, -0.15) is 0 Å². The molecule has 24 heavy (non-hydrogen) atoms. The highest BCUT2D eigenvalue weighted by Crippen LogP contribution is 2.30. The van der Waals surface area contributed by atoms with Crippen LogP contribution in [0.25, 0.3) is 6.08 Å². The van der Waals surface area contributed by atoms with Gasteiger partial charge in [0.1, 0.15) is 0 Å². The second kappa shape index (κ2) is 6.50. The van der Waals surface area contributed by atoms with Gasteiger partial charge in [0, 0.05) is 6.54 Å². The number of Topliss-reactive ketones (excluding diaryl/α,β-unsaturated/α-hetero) is 1. The van der Waals surface area contributed by atoms with E-state index in [0.29, 0.717) is 5.69 Å². The maximum absolute atomic E-state index is 12.2. The minimum absolute atomic E-state index is 0.232. The van der Waals surface area contributed by atoms with Gasteiger partial charge in [0.2, 0.25) is 0 Å². The zero-order valence-corrected chi connectivity index (χ0v) is 13.1. The Bertz CT molecular complexity index is 840. The summed E-state index contributed by atoms with van der Waals surface area (Å²) >= 11 is 0. The fourth-order valence-electron chi connectivity index (χ4n) is 2.58. The highest BCUT2D eigenvalue weighted by Gasteiger charge is 2.35. The molecule has 0 bridgehead atoms. The van der Waals surface area contributed by atoms with Crippen LogP contribution in [-0.2, 0) is 9.53 Å². The quantitative estimate of drug-likeness (QED) is 0.641. The van der Waals surface area contributed by atoms with Crippen molar-refractivity contribution in [2.24, 2.45) is 0 Å². The number of ketones is 1. The number of ether oxygens (including phenoxy) is 1. The van der Waals surface area contributed by atoms with Crippen molar-refractivity contribution < 1.29 is 19.1 Å². The molecule has 0 unspecified atom stereocenters. The maximum atomic E-state index is 12.2. The molecule has 0 aliphatic carbocycles. The molecule has 2 aromatic carbocycles. The van der Waals surface area contributed by atoms with Gasteiger partial charge in [-0.3, -0.25) is 9.59 Å². The molecule has 3 rings (SSSR count). The third kappa shape index (κ3) is 2.84. The lowest BCUT2D eigenvalue weighted by atomic mass is 10.1. The molecule has 1 aliphatic heterocycles. The average Bonchev–Trinajstić information content (AvgIpc) is 2.86. The number of nitrogens with zero attached hydrogens (tertiary/aromatic N) is 1. The zero-order valence-electron chi connectivity index (χ0n) is 13.1. The van der Waals surface area contributed by atoms with E-state index in [-0.39, 0.29) is 17.7 Å². The summed E-state index contributed by atoms with van der Waals surface area (Å²) in [5.74, 6) is -1.74. The molecule has 1 aliphatic rings. The molecule has 0 fully saturated rings. The number of benzene rings is 2. The number of rotatable bonds is 4. The van der Waals surface area contributed by atoms with Crippen molar-refractivity contribution in [2.75, 3.05) is 18.6 Å². The first kappa shape index (κ1) is 15.7. The van der Waals surface area contributed by atoms with Gasteiger partial charge < -0.3 is 9.64 Å². The van der Waals surface area contributed by atoms with E-state index in [1.54, 1.807) is 12.1 Å². The SMILES string of the molecule is COC(=O)c1ccc2c(c1)C(=O)C(=O)N2C/C=C/c1ccccc1. The van der Waals surface area contributed by atoms with Gasteiger partial charge >= 0.3 is 5.97 Å². The van der Waals surface area contributed by atoms with Crippen molar-refractivity contribution in [1.29, 1.82) is 0 Å². The Kier molecular flexibility index (Phi) is 4.24. The van der Waals surface area contributed by atoms with E-state index in [1.165, 1.54) is 18.1 Å². The van der Waals surface area contributed by atoms with E-state index >= 15 is 0 Å². The Morgan fingerprint density at radius 1 is 1.12 bits per heavy atom. The number of fused-ring (bicyclic) bond motifs is 1. The lowest BCUT2D eigenvalue weighted by molar-refractivity contribution is -0.114. The van der Waals surface area contributed by atoms with Crippen molar-refractivity contribution in [1.82, 2.24) is 0 Å². The van der Waals surface area contributed by atoms with Crippen LogP contribution in [0.2, 0.25) is 0 Å². The molecule has 2 aromatic rings. The fraction of sp³-hybridized carbons (Fsp3) is 0.105. The van der Waals surface area contributed by atoms with Crippen LogP contribution >= 0.6 is 0 Å². The van der Waals surface area contributed by atoms with Gasteiger partial charge in [-0.15, -0.1) is 0 Å². The Labute approximate surface area is 139 Å². The third-order valence-corrected chi connectivity index (χ3v) is 3.79. The van der Waals surface area contributed by atoms with Crippen LogP contribution in [0.5, 0.6) is 0 Å². The summed E-state index contributed by atoms with van der Waals surface area (Å²) in [5.41, 5.74) is 2.00. The van der Waals surface area contributed by atoms with Crippen LogP contribution in [0.15, 0.2) is 54.6 Å². The van der Waals surface area contributed by atoms with Crippen LogP contribution in [0.3, 0.4) is 0 Å². The Morgan fingerprint density at radius 3 is 2.58 bits per heavy atom. The maximum Gasteiger partial charge on any atom is 0.337 e. The molecule has 0 atom stereocenters. The third-order valence-electron chi connectivity index (χ3n) is 3.79. The van der Waals surface area contributed by atoms with Crippen LogP contribution in [0.4, 0.5) is 5.69 Å². The monoisotopic (exact) mass is 321 g/mol. The lowest BCUT2D eigenvalue weighted by Gasteiger charge is -2.14. The molecular formula is C19H15NO4. The van der Waals surface area contributed by atoms with Crippen molar-refractivity contribution >= 4 is 29.4 Å². The molecule has 1 heterocycles. The first-order chi connectivity index (χ1) is 11.6. The second-order valence-electron chi connectivity index (χ2n) is 5.28. The van der Waals surface area contributed by atoms with Gasteiger partial charge in [0.25, 0.3) is 11.7 Å². The summed E-state index contributed by atoms with van der Waals surface area (Å²) in [4.78, 5) is 37.3. The predicted molar refractivity (Wildman–Crippen MR) is 89.9 cm³/mol. The van der Waals surface area contributed by atoms with E-state index in [1.807, 2.05) is 42.5 Å². The molecule has 1 amide bonds. The molecule has 0 aromatic heterocycles. The Morgan fingerprint density at radius 2 is 1.88 bits per heavy atom. The molecule has 5 nitrogen and oxygen atoms in total. The van der Waals surface area contributed by atoms with Gasteiger partial charge in [-0.25, -0.2) is 4.79 Å². The summed E-state index contributed by atoms with van der Waals surface area (Å²) in [6.07, 6.45) is 3.71. The number of carbonyl (C=O) groups excluding carboxylic acids is 3. The number of methoxy groups -OCH3 is 1. The van der Waals surface area contributed by atoms with Crippen LogP contribution in [0.1, 0.15) is 26.3 Å². The molecule has 5 heteroatoms. The minimum Gasteiger partial charge on any atom is -0.465 e. The first-order valence-corrected chi connectivity index (χ1v) is 7.42. The van der Waals surface area contributed by atoms with Crippen LogP contribution in [-0.4, -0.2) is 31.3 Å². The van der Waals surface area contributed by atoms with Gasteiger partial charge in [-0.1, -0.05) is 42.5 Å². The van der Waals surface area contributed by atoms with Gasteiger partial charge in [-0.05, 0) is 23.8 Å². The molecule has 0 saturated carbocycles. The van der Waals surface area contributed by atoms with Crippen molar-refractivity contribution in [3.8, 4) is 0 Å². The summed E-state index contributed by atoms with van der Waals surface area (Å²) in [7, 11) is 1.27.